The third-order valence-electron chi connectivity index (χ3n) is 2.11. The Morgan fingerprint density at radius 1 is 1.13 bits per heavy atom. The molecule has 1 radical (unpaired) electrons. The highest BCUT2D eigenvalue weighted by Crippen LogP contribution is 2.24. The van der Waals surface area contributed by atoms with Gasteiger partial charge in [0.25, 0.3) is 10.1 Å². The topological polar surface area (TPSA) is 54.4 Å². The predicted molar refractivity (Wildman–Crippen MR) is 59.6 cm³/mol. The summed E-state index contributed by atoms with van der Waals surface area (Å²) in [5.41, 5.74) is 0. The van der Waals surface area contributed by atoms with Crippen LogP contribution in [0.4, 0.5) is 0 Å². The van der Waals surface area contributed by atoms with Gasteiger partial charge >= 0.3 is 0 Å². The van der Waals surface area contributed by atoms with E-state index in [0.29, 0.717) is 10.3 Å². The summed E-state index contributed by atoms with van der Waals surface area (Å²) in [4.78, 5) is 0.435. The fourth-order valence-electron chi connectivity index (χ4n) is 1.38. The lowest BCUT2D eigenvalue weighted by atomic mass is 10.1. The normalized spacial score (nSPS) is 11.8. The van der Waals surface area contributed by atoms with Crippen LogP contribution in [0.3, 0.4) is 0 Å². The Bertz CT molecular complexity index is 618. The molecule has 0 aromatic heterocycles. The van der Waals surface area contributed by atoms with Gasteiger partial charge in [0, 0.05) is 10.3 Å². The second-order valence-corrected chi connectivity index (χ2v) is 4.98. The van der Waals surface area contributed by atoms with Gasteiger partial charge in [0.15, 0.2) is 0 Å². The SMILES string of the molecule is O=S(=O)(O)c1ccc2cccc([S])c2c1. The smallest absolute Gasteiger partial charge is 0.282 e. The highest BCUT2D eigenvalue weighted by atomic mass is 32.2. The molecule has 1 N–H and O–H groups in total. The van der Waals surface area contributed by atoms with Crippen LogP contribution in [-0.4, -0.2) is 13.0 Å². The molecule has 0 aliphatic heterocycles. The van der Waals surface area contributed by atoms with Crippen molar-refractivity contribution < 1.29 is 13.0 Å². The van der Waals surface area contributed by atoms with E-state index in [1.165, 1.54) is 12.1 Å². The van der Waals surface area contributed by atoms with Crippen molar-refractivity contribution in [2.75, 3.05) is 0 Å². The maximum atomic E-state index is 10.9. The monoisotopic (exact) mass is 239 g/mol. The molecule has 0 saturated heterocycles. The molecule has 15 heavy (non-hydrogen) atoms. The van der Waals surface area contributed by atoms with Crippen molar-refractivity contribution in [2.45, 2.75) is 9.79 Å². The Hall–Kier alpha value is -1.17. The Balaban J connectivity index is 2.81. The first-order valence-electron chi connectivity index (χ1n) is 4.16. The van der Waals surface area contributed by atoms with Crippen LogP contribution in [-0.2, 0) is 10.1 Å². The lowest BCUT2D eigenvalue weighted by molar-refractivity contribution is 0.483. The molecular weight excluding hydrogens is 232 g/mol. The lowest BCUT2D eigenvalue weighted by Gasteiger charge is -2.02. The largest absolute Gasteiger partial charge is 0.294 e. The van der Waals surface area contributed by atoms with Crippen molar-refractivity contribution >= 4 is 33.5 Å². The van der Waals surface area contributed by atoms with Crippen LogP contribution in [0.5, 0.6) is 0 Å². The first kappa shape index (κ1) is 10.4. The first-order valence-corrected chi connectivity index (χ1v) is 6.00. The Labute approximate surface area is 92.9 Å². The van der Waals surface area contributed by atoms with Crippen LogP contribution >= 0.6 is 12.6 Å². The van der Waals surface area contributed by atoms with Gasteiger partial charge in [0.2, 0.25) is 0 Å². The zero-order chi connectivity index (χ0) is 11.1. The van der Waals surface area contributed by atoms with Crippen molar-refractivity contribution in [3.8, 4) is 0 Å². The summed E-state index contributed by atoms with van der Waals surface area (Å²) in [7, 11) is -4.16. The predicted octanol–water partition coefficient (Wildman–Crippen LogP) is 2.64. The van der Waals surface area contributed by atoms with Crippen molar-refractivity contribution in [3.05, 3.63) is 36.4 Å². The summed E-state index contributed by atoms with van der Waals surface area (Å²) in [5, 5.41) is 1.51. The van der Waals surface area contributed by atoms with Gasteiger partial charge in [-0.3, -0.25) is 4.55 Å². The van der Waals surface area contributed by atoms with E-state index >= 15 is 0 Å². The van der Waals surface area contributed by atoms with Crippen molar-refractivity contribution in [2.24, 2.45) is 0 Å². The molecule has 5 heteroatoms. The number of benzene rings is 2. The van der Waals surface area contributed by atoms with E-state index < -0.39 is 10.1 Å². The fraction of sp³-hybridized carbons (Fsp3) is 0. The minimum atomic E-state index is -4.16. The summed E-state index contributed by atoms with van der Waals surface area (Å²) in [6.07, 6.45) is 0. The third-order valence-corrected chi connectivity index (χ3v) is 3.32. The zero-order valence-electron chi connectivity index (χ0n) is 7.54. The zero-order valence-corrected chi connectivity index (χ0v) is 9.18. The highest BCUT2D eigenvalue weighted by molar-refractivity contribution is 7.85. The first-order chi connectivity index (χ1) is 6.98. The van der Waals surface area contributed by atoms with Gasteiger partial charge in [-0.15, -0.1) is 0 Å². The molecule has 0 aliphatic rings. The van der Waals surface area contributed by atoms with Crippen molar-refractivity contribution in [1.29, 1.82) is 0 Å². The van der Waals surface area contributed by atoms with Crippen LogP contribution in [0.15, 0.2) is 46.2 Å². The number of hydrogen-bond donors (Lipinski definition) is 1. The molecule has 2 aromatic rings. The van der Waals surface area contributed by atoms with Crippen molar-refractivity contribution in [1.82, 2.24) is 0 Å². The molecule has 0 aliphatic carbocycles. The molecule has 0 unspecified atom stereocenters. The minimum Gasteiger partial charge on any atom is -0.282 e. The molecule has 0 heterocycles. The second-order valence-electron chi connectivity index (χ2n) is 3.11. The van der Waals surface area contributed by atoms with E-state index in [-0.39, 0.29) is 4.90 Å². The van der Waals surface area contributed by atoms with Gasteiger partial charge in [-0.1, -0.05) is 30.8 Å². The molecule has 0 spiro atoms. The third kappa shape index (κ3) is 1.94. The maximum Gasteiger partial charge on any atom is 0.294 e. The lowest BCUT2D eigenvalue weighted by Crippen LogP contribution is -1.97. The summed E-state index contributed by atoms with van der Waals surface area (Å²) in [6, 6.07) is 9.70. The van der Waals surface area contributed by atoms with Gasteiger partial charge < -0.3 is 0 Å². The Kier molecular flexibility index (Phi) is 2.38. The van der Waals surface area contributed by atoms with E-state index in [1.807, 2.05) is 6.07 Å². The minimum absolute atomic E-state index is 0.132. The number of fused-ring (bicyclic) bond motifs is 1. The van der Waals surface area contributed by atoms with Crippen LogP contribution in [0.2, 0.25) is 0 Å². The fourth-order valence-corrected chi connectivity index (χ4v) is 2.15. The summed E-state index contributed by atoms with van der Waals surface area (Å²) in [6.45, 7) is 0. The molecule has 0 bridgehead atoms. The molecule has 3 nitrogen and oxygen atoms in total. The molecule has 2 aromatic carbocycles. The van der Waals surface area contributed by atoms with Gasteiger partial charge in [-0.2, -0.15) is 8.42 Å². The maximum absolute atomic E-state index is 10.9. The summed E-state index contributed by atoms with van der Waals surface area (Å²) >= 11 is 5.06. The quantitative estimate of drug-likeness (QED) is 0.778. The van der Waals surface area contributed by atoms with Crippen LogP contribution in [0.25, 0.3) is 10.8 Å². The van der Waals surface area contributed by atoms with E-state index in [0.717, 1.165) is 5.39 Å². The van der Waals surface area contributed by atoms with Gasteiger partial charge in [-0.25, -0.2) is 0 Å². The van der Waals surface area contributed by atoms with Gasteiger partial charge in [-0.05, 0) is 23.6 Å². The summed E-state index contributed by atoms with van der Waals surface area (Å²) < 4.78 is 30.7. The number of rotatable bonds is 1. The van der Waals surface area contributed by atoms with Crippen LogP contribution < -0.4 is 0 Å². The molecule has 0 saturated carbocycles. The molecule has 2 rings (SSSR count). The van der Waals surface area contributed by atoms with Gasteiger partial charge in [0.1, 0.15) is 0 Å². The standard InChI is InChI=1S/C10H7O3S2/c11-15(12,13)8-5-4-7-2-1-3-10(14)9(7)6-8/h1-6H,(H,11,12,13). The highest BCUT2D eigenvalue weighted by Gasteiger charge is 2.10. The Morgan fingerprint density at radius 2 is 1.87 bits per heavy atom. The summed E-state index contributed by atoms with van der Waals surface area (Å²) in [5.74, 6) is 0. The van der Waals surface area contributed by atoms with E-state index in [2.05, 4.69) is 0 Å². The van der Waals surface area contributed by atoms with Crippen LogP contribution in [0, 0.1) is 0 Å². The molecular formula is C10H7O3S2. The van der Waals surface area contributed by atoms with E-state index in [1.54, 1.807) is 18.2 Å². The second kappa shape index (κ2) is 3.44. The average Bonchev–Trinajstić information content (AvgIpc) is 2.16. The number of hydrogen-bond acceptors (Lipinski definition) is 2. The molecule has 0 fully saturated rings. The molecule has 0 amide bonds. The van der Waals surface area contributed by atoms with Gasteiger partial charge in [0.05, 0.1) is 4.90 Å². The Morgan fingerprint density at radius 3 is 2.53 bits per heavy atom. The van der Waals surface area contributed by atoms with Crippen LogP contribution in [0.1, 0.15) is 0 Å². The molecule has 77 valence electrons. The molecule has 0 atom stereocenters. The average molecular weight is 239 g/mol. The van der Waals surface area contributed by atoms with Crippen molar-refractivity contribution in [3.63, 3.8) is 0 Å². The van der Waals surface area contributed by atoms with E-state index in [9.17, 15) is 8.42 Å². The van der Waals surface area contributed by atoms with E-state index in [4.69, 9.17) is 17.2 Å².